The summed E-state index contributed by atoms with van der Waals surface area (Å²) >= 11 is 0. The monoisotopic (exact) mass is 496 g/mol. The molecule has 2 aromatic carbocycles. The van der Waals surface area contributed by atoms with Gasteiger partial charge in [0, 0.05) is 43.9 Å². The predicted molar refractivity (Wildman–Crippen MR) is 125 cm³/mol. The van der Waals surface area contributed by atoms with Gasteiger partial charge in [0.05, 0.1) is 23.0 Å². The third-order valence-corrected chi connectivity index (χ3v) is 7.86. The number of anilines is 2. The molecule has 1 aliphatic heterocycles. The SMILES string of the molecule is CN1c2cc(-c3cc(Oc4nccnc4C#N)ccc3C#N)ccc2N(CC2CC2(F)F)S1(O)O. The van der Waals surface area contributed by atoms with Crippen LogP contribution in [0.4, 0.5) is 20.2 Å². The Bertz CT molecular complexity index is 1420. The summed E-state index contributed by atoms with van der Waals surface area (Å²) in [5, 5.41) is 18.9. The van der Waals surface area contributed by atoms with Crippen LogP contribution in [0.2, 0.25) is 0 Å². The zero-order valence-corrected chi connectivity index (χ0v) is 19.1. The van der Waals surface area contributed by atoms with Crippen LogP contribution in [0.15, 0.2) is 48.8 Å². The number of hydrogen-bond donors (Lipinski definition) is 2. The van der Waals surface area contributed by atoms with Gasteiger partial charge in [0.2, 0.25) is 5.69 Å². The van der Waals surface area contributed by atoms with E-state index >= 15 is 0 Å². The van der Waals surface area contributed by atoms with Crippen molar-refractivity contribution in [3.63, 3.8) is 0 Å². The first-order valence-corrected chi connectivity index (χ1v) is 11.9. The van der Waals surface area contributed by atoms with Crippen molar-refractivity contribution >= 4 is 22.3 Å². The van der Waals surface area contributed by atoms with Crippen LogP contribution in [0.3, 0.4) is 0 Å². The van der Waals surface area contributed by atoms with Crippen LogP contribution >= 0.6 is 11.0 Å². The summed E-state index contributed by atoms with van der Waals surface area (Å²) in [4.78, 5) is 7.93. The van der Waals surface area contributed by atoms with Crippen LogP contribution in [0.1, 0.15) is 17.7 Å². The van der Waals surface area contributed by atoms with E-state index in [0.29, 0.717) is 33.8 Å². The molecule has 35 heavy (non-hydrogen) atoms. The molecule has 5 rings (SSSR count). The molecule has 1 atom stereocenters. The molecule has 1 unspecified atom stereocenters. The molecule has 1 aromatic heterocycles. The van der Waals surface area contributed by atoms with Crippen molar-refractivity contribution in [2.45, 2.75) is 12.3 Å². The first-order chi connectivity index (χ1) is 16.7. The molecular formula is C23H18F2N6O3S. The Morgan fingerprint density at radius 3 is 2.54 bits per heavy atom. The van der Waals surface area contributed by atoms with Gasteiger partial charge in [0.15, 0.2) is 0 Å². The van der Waals surface area contributed by atoms with E-state index < -0.39 is 22.8 Å². The van der Waals surface area contributed by atoms with Crippen LogP contribution in [-0.2, 0) is 0 Å². The lowest BCUT2D eigenvalue weighted by molar-refractivity contribution is 0.101. The van der Waals surface area contributed by atoms with E-state index in [9.17, 15) is 28.4 Å². The lowest BCUT2D eigenvalue weighted by Gasteiger charge is -2.42. The van der Waals surface area contributed by atoms with Gasteiger partial charge in [-0.25, -0.2) is 18.7 Å². The highest BCUT2D eigenvalue weighted by Gasteiger charge is 2.59. The average Bonchev–Trinajstić information content (AvgIpc) is 3.41. The highest BCUT2D eigenvalue weighted by Crippen LogP contribution is 2.63. The second-order valence-corrected chi connectivity index (χ2v) is 10.1. The molecule has 0 saturated heterocycles. The van der Waals surface area contributed by atoms with Crippen molar-refractivity contribution in [3.8, 4) is 34.9 Å². The van der Waals surface area contributed by atoms with Crippen LogP contribution < -0.4 is 13.3 Å². The second kappa shape index (κ2) is 8.06. The molecule has 0 amide bonds. The Hall–Kier alpha value is -3.97. The third-order valence-electron chi connectivity index (χ3n) is 6.00. The van der Waals surface area contributed by atoms with Gasteiger partial charge in [0.1, 0.15) is 11.8 Å². The molecule has 0 radical (unpaired) electrons. The fourth-order valence-corrected chi connectivity index (χ4v) is 5.45. The standard InChI is InChI=1S/C23H18F2N6O3S/c1-30-21-8-14(3-5-20(21)31(35(30,32)33)13-16-10-23(16,24)25)18-9-17(4-2-15(18)11-26)34-22-19(12-27)28-6-7-29-22/h2-9,16,32-33H,10,13H2,1H3. The van der Waals surface area contributed by atoms with E-state index in [2.05, 4.69) is 16.0 Å². The molecule has 0 spiro atoms. The fourth-order valence-electron chi connectivity index (χ4n) is 3.94. The number of hydrogen-bond acceptors (Lipinski definition) is 9. The van der Waals surface area contributed by atoms with Crippen molar-refractivity contribution in [2.75, 3.05) is 22.2 Å². The molecule has 2 aliphatic rings. The Balaban J connectivity index is 1.51. The number of aromatic nitrogens is 2. The Morgan fingerprint density at radius 2 is 1.86 bits per heavy atom. The number of rotatable bonds is 5. The molecule has 1 aliphatic carbocycles. The van der Waals surface area contributed by atoms with Gasteiger partial charge in [-0.15, -0.1) is 0 Å². The number of fused-ring (bicyclic) bond motifs is 1. The molecule has 9 nitrogen and oxygen atoms in total. The normalized spacial score (nSPS) is 19.9. The molecular weight excluding hydrogens is 478 g/mol. The second-order valence-electron chi connectivity index (χ2n) is 8.16. The smallest absolute Gasteiger partial charge is 0.256 e. The number of halogens is 2. The quantitative estimate of drug-likeness (QED) is 0.491. The number of ether oxygens (including phenoxy) is 1. The van der Waals surface area contributed by atoms with Crippen molar-refractivity contribution in [1.82, 2.24) is 9.97 Å². The van der Waals surface area contributed by atoms with E-state index in [1.54, 1.807) is 36.4 Å². The van der Waals surface area contributed by atoms with Gasteiger partial charge in [-0.05, 0) is 46.9 Å². The first kappa shape index (κ1) is 22.8. The van der Waals surface area contributed by atoms with Gasteiger partial charge in [-0.3, -0.25) is 17.7 Å². The highest BCUT2D eigenvalue weighted by molar-refractivity contribution is 8.26. The largest absolute Gasteiger partial charge is 0.436 e. The summed E-state index contributed by atoms with van der Waals surface area (Å²) in [6, 6.07) is 13.7. The zero-order chi connectivity index (χ0) is 25.0. The molecule has 12 heteroatoms. The maximum atomic E-state index is 13.5. The summed E-state index contributed by atoms with van der Waals surface area (Å²) < 4.78 is 56.7. The number of nitriles is 2. The fraction of sp³-hybridized carbons (Fsp3) is 0.217. The lowest BCUT2D eigenvalue weighted by Crippen LogP contribution is -2.33. The summed E-state index contributed by atoms with van der Waals surface area (Å²) in [5.41, 5.74) is 2.26. The average molecular weight is 496 g/mol. The van der Waals surface area contributed by atoms with E-state index in [4.69, 9.17) is 4.74 Å². The van der Waals surface area contributed by atoms with E-state index in [1.807, 2.05) is 6.07 Å². The Kier molecular flexibility index (Phi) is 5.25. The molecule has 2 N–H and O–H groups in total. The summed E-state index contributed by atoms with van der Waals surface area (Å²) in [6.45, 7) is -0.182. The van der Waals surface area contributed by atoms with E-state index in [0.717, 1.165) is 0 Å². The lowest BCUT2D eigenvalue weighted by atomic mass is 9.99. The van der Waals surface area contributed by atoms with E-state index in [1.165, 1.54) is 28.1 Å². The van der Waals surface area contributed by atoms with Crippen LogP contribution in [0.25, 0.3) is 11.1 Å². The summed E-state index contributed by atoms with van der Waals surface area (Å²) in [7, 11) is -2.03. The first-order valence-electron chi connectivity index (χ1n) is 10.4. The zero-order valence-electron chi connectivity index (χ0n) is 18.3. The molecule has 1 fully saturated rings. The van der Waals surface area contributed by atoms with E-state index in [-0.39, 0.29) is 24.5 Å². The topological polar surface area (TPSA) is 130 Å². The summed E-state index contributed by atoms with van der Waals surface area (Å²) in [5.74, 6) is -3.41. The van der Waals surface area contributed by atoms with Crippen molar-refractivity contribution in [1.29, 1.82) is 10.5 Å². The predicted octanol–water partition coefficient (Wildman–Crippen LogP) is 5.17. The molecule has 0 bridgehead atoms. The molecule has 3 aromatic rings. The van der Waals surface area contributed by atoms with Gasteiger partial charge in [-0.2, -0.15) is 10.5 Å². The highest BCUT2D eigenvalue weighted by atomic mass is 32.3. The Morgan fingerprint density at radius 1 is 1.11 bits per heavy atom. The van der Waals surface area contributed by atoms with Gasteiger partial charge in [0.25, 0.3) is 11.8 Å². The minimum Gasteiger partial charge on any atom is -0.436 e. The van der Waals surface area contributed by atoms with Crippen molar-refractivity contribution < 1.29 is 22.6 Å². The molecule has 1 saturated carbocycles. The van der Waals surface area contributed by atoms with Gasteiger partial charge in [-0.1, -0.05) is 6.07 Å². The minimum atomic E-state index is -3.50. The third kappa shape index (κ3) is 3.88. The van der Waals surface area contributed by atoms with Crippen LogP contribution in [0, 0.1) is 28.6 Å². The number of benzene rings is 2. The number of nitrogens with zero attached hydrogens (tertiary/aromatic N) is 6. The number of alkyl halides is 2. The van der Waals surface area contributed by atoms with Crippen LogP contribution in [0.5, 0.6) is 11.6 Å². The maximum Gasteiger partial charge on any atom is 0.256 e. The van der Waals surface area contributed by atoms with Crippen molar-refractivity contribution in [3.05, 3.63) is 60.0 Å². The van der Waals surface area contributed by atoms with Gasteiger partial charge >= 0.3 is 0 Å². The molecule has 2 heterocycles. The minimum absolute atomic E-state index is 0.00380. The van der Waals surface area contributed by atoms with Crippen LogP contribution in [-0.4, -0.2) is 38.6 Å². The molecule has 178 valence electrons. The Labute approximate surface area is 201 Å². The van der Waals surface area contributed by atoms with Gasteiger partial charge < -0.3 is 4.74 Å². The summed E-state index contributed by atoms with van der Waals surface area (Å²) in [6.07, 6.45) is 2.47. The maximum absolute atomic E-state index is 13.5. The van der Waals surface area contributed by atoms with Crippen molar-refractivity contribution in [2.24, 2.45) is 5.92 Å².